The summed E-state index contributed by atoms with van der Waals surface area (Å²) in [4.78, 5) is 18.3. The number of ether oxygens (including phenoxy) is 2. The second-order valence-electron chi connectivity index (χ2n) is 7.19. The van der Waals surface area contributed by atoms with Crippen molar-refractivity contribution in [1.82, 2.24) is 9.88 Å². The smallest absolute Gasteiger partial charge is 0.410 e. The van der Waals surface area contributed by atoms with Crippen LogP contribution < -0.4 is 10.1 Å². The number of pyridine rings is 1. The van der Waals surface area contributed by atoms with Gasteiger partial charge in [0.05, 0.1) is 18.5 Å². The molecular weight excluding hydrogens is 306 g/mol. The summed E-state index contributed by atoms with van der Waals surface area (Å²) in [5.74, 6) is 0.815. The summed E-state index contributed by atoms with van der Waals surface area (Å²) in [5.41, 5.74) is 0.441. The van der Waals surface area contributed by atoms with Gasteiger partial charge in [-0.1, -0.05) is 0 Å². The molecule has 2 rings (SSSR count). The van der Waals surface area contributed by atoms with Gasteiger partial charge >= 0.3 is 6.09 Å². The molecule has 1 amide bonds. The highest BCUT2D eigenvalue weighted by molar-refractivity contribution is 5.68. The molecule has 0 aromatic carbocycles. The number of hydrogen-bond acceptors (Lipinski definition) is 5. The van der Waals surface area contributed by atoms with Crippen LogP contribution in [0.1, 0.15) is 47.5 Å². The molecule has 2 unspecified atom stereocenters. The van der Waals surface area contributed by atoms with Gasteiger partial charge in [-0.05, 0) is 47.5 Å². The van der Waals surface area contributed by atoms with Crippen LogP contribution in [0.5, 0.6) is 5.75 Å². The fraction of sp³-hybridized carbons (Fsp3) is 0.667. The Bertz CT molecular complexity index is 557. The highest BCUT2D eigenvalue weighted by atomic mass is 16.6. The van der Waals surface area contributed by atoms with Crippen LogP contribution in [0.4, 0.5) is 10.5 Å². The van der Waals surface area contributed by atoms with Crippen molar-refractivity contribution in [3.63, 3.8) is 0 Å². The molecule has 1 N–H and O–H groups in total. The van der Waals surface area contributed by atoms with E-state index < -0.39 is 5.60 Å². The van der Waals surface area contributed by atoms with Crippen molar-refractivity contribution in [1.29, 1.82) is 0 Å². The molecule has 0 spiro atoms. The van der Waals surface area contributed by atoms with Crippen molar-refractivity contribution in [2.45, 2.75) is 65.1 Å². The van der Waals surface area contributed by atoms with Gasteiger partial charge in [-0.3, -0.25) is 4.98 Å². The van der Waals surface area contributed by atoms with E-state index in [0.29, 0.717) is 13.2 Å². The SMILES string of the molecule is CCOc1ccncc1NC1CCN(C(=O)OC(C)(C)C)C(C)C1. The molecule has 0 radical (unpaired) electrons. The third-order valence-corrected chi connectivity index (χ3v) is 3.94. The number of nitrogens with one attached hydrogen (secondary N) is 1. The molecule has 1 aromatic heterocycles. The van der Waals surface area contributed by atoms with Gasteiger partial charge in [-0.2, -0.15) is 0 Å². The van der Waals surface area contributed by atoms with Crippen LogP contribution in [-0.2, 0) is 4.74 Å². The summed E-state index contributed by atoms with van der Waals surface area (Å²) in [6.45, 7) is 11.0. The molecule has 24 heavy (non-hydrogen) atoms. The van der Waals surface area contributed by atoms with Crippen molar-refractivity contribution >= 4 is 11.8 Å². The van der Waals surface area contributed by atoms with E-state index in [4.69, 9.17) is 9.47 Å². The predicted molar refractivity (Wildman–Crippen MR) is 94.5 cm³/mol. The molecule has 0 saturated carbocycles. The summed E-state index contributed by atoms with van der Waals surface area (Å²) in [6, 6.07) is 2.27. The van der Waals surface area contributed by atoms with Crippen LogP contribution >= 0.6 is 0 Å². The first-order valence-corrected chi connectivity index (χ1v) is 8.63. The Morgan fingerprint density at radius 3 is 2.83 bits per heavy atom. The van der Waals surface area contributed by atoms with Gasteiger partial charge in [0.15, 0.2) is 0 Å². The molecule has 1 saturated heterocycles. The molecule has 0 bridgehead atoms. The zero-order chi connectivity index (χ0) is 17.7. The maximum absolute atomic E-state index is 12.3. The fourth-order valence-corrected chi connectivity index (χ4v) is 2.89. The van der Waals surface area contributed by atoms with Gasteiger partial charge in [0.2, 0.25) is 0 Å². The number of carbonyl (C=O) groups excluding carboxylic acids is 1. The first-order valence-electron chi connectivity index (χ1n) is 8.63. The Hall–Kier alpha value is -1.98. The highest BCUT2D eigenvalue weighted by Gasteiger charge is 2.32. The average molecular weight is 335 g/mol. The fourth-order valence-electron chi connectivity index (χ4n) is 2.89. The summed E-state index contributed by atoms with van der Waals surface area (Å²) >= 11 is 0. The number of aromatic nitrogens is 1. The van der Waals surface area contributed by atoms with E-state index in [2.05, 4.69) is 17.2 Å². The number of hydrogen-bond donors (Lipinski definition) is 1. The van der Waals surface area contributed by atoms with E-state index in [1.54, 1.807) is 12.4 Å². The lowest BCUT2D eigenvalue weighted by atomic mass is 9.98. The van der Waals surface area contributed by atoms with Crippen molar-refractivity contribution in [2.75, 3.05) is 18.5 Å². The Morgan fingerprint density at radius 2 is 2.21 bits per heavy atom. The third-order valence-electron chi connectivity index (χ3n) is 3.94. The maximum atomic E-state index is 12.3. The summed E-state index contributed by atoms with van der Waals surface area (Å²) in [6.07, 6.45) is 5.01. The second kappa shape index (κ2) is 7.73. The molecule has 6 heteroatoms. The normalized spacial score (nSPS) is 21.3. The standard InChI is InChI=1S/C18H29N3O3/c1-6-23-16-7-9-19-12-15(16)20-14-8-10-21(13(2)11-14)17(22)24-18(3,4)5/h7,9,12-14,20H,6,8,10-11H2,1-5H3. The molecule has 2 atom stereocenters. The predicted octanol–water partition coefficient (Wildman–Crippen LogP) is 3.68. The van der Waals surface area contributed by atoms with Gasteiger partial charge in [0, 0.05) is 30.9 Å². The van der Waals surface area contributed by atoms with E-state index in [0.717, 1.165) is 24.3 Å². The summed E-state index contributed by atoms with van der Waals surface area (Å²) < 4.78 is 11.1. The number of anilines is 1. The largest absolute Gasteiger partial charge is 0.492 e. The minimum Gasteiger partial charge on any atom is -0.492 e. The van der Waals surface area contributed by atoms with E-state index in [-0.39, 0.29) is 18.2 Å². The molecule has 1 fully saturated rings. The quantitative estimate of drug-likeness (QED) is 0.909. The third kappa shape index (κ3) is 5.01. The lowest BCUT2D eigenvalue weighted by Crippen LogP contribution is -2.49. The topological polar surface area (TPSA) is 63.7 Å². The Labute approximate surface area is 144 Å². The zero-order valence-electron chi connectivity index (χ0n) is 15.3. The van der Waals surface area contributed by atoms with Crippen LogP contribution in [0.3, 0.4) is 0 Å². The van der Waals surface area contributed by atoms with Crippen LogP contribution in [-0.4, -0.2) is 46.8 Å². The van der Waals surface area contributed by atoms with Crippen molar-refractivity contribution < 1.29 is 14.3 Å². The van der Waals surface area contributed by atoms with Gasteiger partial charge in [0.25, 0.3) is 0 Å². The van der Waals surface area contributed by atoms with E-state index in [1.807, 2.05) is 38.7 Å². The molecule has 1 aliphatic heterocycles. The van der Waals surface area contributed by atoms with Crippen LogP contribution in [0.15, 0.2) is 18.5 Å². The number of nitrogens with zero attached hydrogens (tertiary/aromatic N) is 2. The lowest BCUT2D eigenvalue weighted by molar-refractivity contribution is 0.0112. The summed E-state index contributed by atoms with van der Waals surface area (Å²) in [7, 11) is 0. The van der Waals surface area contributed by atoms with Gasteiger partial charge in [0.1, 0.15) is 11.4 Å². The molecular formula is C18H29N3O3. The second-order valence-corrected chi connectivity index (χ2v) is 7.19. The van der Waals surface area contributed by atoms with Crippen molar-refractivity contribution in [3.05, 3.63) is 18.5 Å². The number of likely N-dealkylation sites (tertiary alicyclic amines) is 1. The highest BCUT2D eigenvalue weighted by Crippen LogP contribution is 2.27. The van der Waals surface area contributed by atoms with E-state index >= 15 is 0 Å². The van der Waals surface area contributed by atoms with Crippen LogP contribution in [0, 0.1) is 0 Å². The Kier molecular flexibility index (Phi) is 5.91. The van der Waals surface area contributed by atoms with Crippen molar-refractivity contribution in [2.24, 2.45) is 0 Å². The number of piperidine rings is 1. The molecule has 134 valence electrons. The molecule has 1 aromatic rings. The van der Waals surface area contributed by atoms with Gasteiger partial charge in [-0.15, -0.1) is 0 Å². The Balaban J connectivity index is 1.95. The van der Waals surface area contributed by atoms with Gasteiger partial charge < -0.3 is 19.7 Å². The lowest BCUT2D eigenvalue weighted by Gasteiger charge is -2.38. The zero-order valence-corrected chi connectivity index (χ0v) is 15.3. The summed E-state index contributed by atoms with van der Waals surface area (Å²) in [5, 5.41) is 3.51. The Morgan fingerprint density at radius 1 is 1.46 bits per heavy atom. The molecule has 0 aliphatic carbocycles. The molecule has 2 heterocycles. The van der Waals surface area contributed by atoms with E-state index in [1.165, 1.54) is 0 Å². The first kappa shape index (κ1) is 18.4. The van der Waals surface area contributed by atoms with Crippen LogP contribution in [0.25, 0.3) is 0 Å². The van der Waals surface area contributed by atoms with E-state index in [9.17, 15) is 4.79 Å². The molecule has 6 nitrogen and oxygen atoms in total. The minimum absolute atomic E-state index is 0.123. The molecule has 1 aliphatic rings. The first-order chi connectivity index (χ1) is 11.3. The average Bonchev–Trinajstić information content (AvgIpc) is 2.48. The van der Waals surface area contributed by atoms with Crippen molar-refractivity contribution in [3.8, 4) is 5.75 Å². The number of amides is 1. The maximum Gasteiger partial charge on any atom is 0.410 e. The van der Waals surface area contributed by atoms with Gasteiger partial charge in [-0.25, -0.2) is 4.79 Å². The monoisotopic (exact) mass is 335 g/mol. The van der Waals surface area contributed by atoms with Crippen LogP contribution in [0.2, 0.25) is 0 Å². The number of carbonyl (C=O) groups is 1. The minimum atomic E-state index is -0.464. The number of rotatable bonds is 4.